The van der Waals surface area contributed by atoms with Crippen LogP contribution in [0.3, 0.4) is 0 Å². The fraction of sp³-hybridized carbons (Fsp3) is 0.538. The summed E-state index contributed by atoms with van der Waals surface area (Å²) in [6.45, 7) is 4.78. The molecule has 0 spiro atoms. The minimum absolute atomic E-state index is 0.00867. The van der Waals surface area contributed by atoms with Crippen LogP contribution in [0.5, 0.6) is 5.88 Å². The Morgan fingerprint density at radius 1 is 1.61 bits per heavy atom. The van der Waals surface area contributed by atoms with Crippen LogP contribution in [-0.2, 0) is 11.3 Å². The van der Waals surface area contributed by atoms with Crippen molar-refractivity contribution in [3.8, 4) is 5.88 Å². The lowest BCUT2D eigenvalue weighted by molar-refractivity contribution is -0.128. The highest BCUT2D eigenvalue weighted by Crippen LogP contribution is 2.17. The molecule has 5 heteroatoms. The molecule has 98 valence electrons. The Morgan fingerprint density at radius 3 is 3.00 bits per heavy atom. The summed E-state index contributed by atoms with van der Waals surface area (Å²) in [5.74, 6) is 0.556. The molecule has 1 saturated heterocycles. The molecule has 2 heterocycles. The average Bonchev–Trinajstić information content (AvgIpc) is 2.57. The van der Waals surface area contributed by atoms with E-state index in [2.05, 4.69) is 4.98 Å². The molecule has 0 aliphatic carbocycles. The third-order valence-corrected chi connectivity index (χ3v) is 2.72. The number of pyridine rings is 1. The fourth-order valence-electron chi connectivity index (χ4n) is 1.98. The van der Waals surface area contributed by atoms with Crippen LogP contribution in [0.15, 0.2) is 18.3 Å². The molecule has 1 fully saturated rings. The second-order valence-electron chi connectivity index (χ2n) is 4.80. The number of carbonyl (C=O) groups is 1. The lowest BCUT2D eigenvalue weighted by Crippen LogP contribution is -2.25. The van der Waals surface area contributed by atoms with Crippen LogP contribution in [0, 0.1) is 0 Å². The van der Waals surface area contributed by atoms with Crippen molar-refractivity contribution in [3.05, 3.63) is 23.9 Å². The molecule has 1 aliphatic rings. The fourth-order valence-corrected chi connectivity index (χ4v) is 1.98. The van der Waals surface area contributed by atoms with E-state index in [4.69, 9.17) is 4.74 Å². The minimum Gasteiger partial charge on any atom is -0.475 e. The van der Waals surface area contributed by atoms with Gasteiger partial charge in [0.1, 0.15) is 0 Å². The highest BCUT2D eigenvalue weighted by molar-refractivity contribution is 5.79. The lowest BCUT2D eigenvalue weighted by Gasteiger charge is -2.16. The van der Waals surface area contributed by atoms with Gasteiger partial charge in [-0.25, -0.2) is 4.98 Å². The van der Waals surface area contributed by atoms with Gasteiger partial charge >= 0.3 is 0 Å². The van der Waals surface area contributed by atoms with E-state index in [9.17, 15) is 9.90 Å². The topological polar surface area (TPSA) is 62.7 Å². The highest BCUT2D eigenvalue weighted by atomic mass is 16.5. The molecule has 1 aromatic rings. The Kier molecular flexibility index (Phi) is 3.81. The standard InChI is InChI=1S/C13H18N2O3/c1-9(2)18-12-5-10(3-4-14-12)7-15-8-11(16)6-13(15)17/h3-5,9,11,16H,6-8H2,1-2H3. The lowest BCUT2D eigenvalue weighted by atomic mass is 10.2. The zero-order chi connectivity index (χ0) is 13.1. The number of aliphatic hydroxyl groups is 1. The Balaban J connectivity index is 2.03. The number of nitrogens with zero attached hydrogens (tertiary/aromatic N) is 2. The van der Waals surface area contributed by atoms with Gasteiger partial charge in [-0.3, -0.25) is 4.79 Å². The monoisotopic (exact) mass is 250 g/mol. The number of amides is 1. The van der Waals surface area contributed by atoms with E-state index in [-0.39, 0.29) is 18.4 Å². The van der Waals surface area contributed by atoms with Crippen molar-refractivity contribution < 1.29 is 14.6 Å². The third kappa shape index (κ3) is 3.20. The Labute approximate surface area is 106 Å². The maximum absolute atomic E-state index is 11.6. The number of aromatic nitrogens is 1. The first-order chi connectivity index (χ1) is 8.54. The summed E-state index contributed by atoms with van der Waals surface area (Å²) in [5.41, 5.74) is 0.961. The highest BCUT2D eigenvalue weighted by Gasteiger charge is 2.27. The van der Waals surface area contributed by atoms with E-state index >= 15 is 0 Å². The maximum Gasteiger partial charge on any atom is 0.225 e. The Bertz CT molecular complexity index is 434. The predicted molar refractivity (Wildman–Crippen MR) is 66.0 cm³/mol. The van der Waals surface area contributed by atoms with Crippen molar-refractivity contribution >= 4 is 5.91 Å². The number of ether oxygens (including phenoxy) is 1. The number of rotatable bonds is 4. The van der Waals surface area contributed by atoms with Crippen molar-refractivity contribution in [2.45, 2.75) is 39.0 Å². The van der Waals surface area contributed by atoms with Crippen molar-refractivity contribution in [1.29, 1.82) is 0 Å². The summed E-state index contributed by atoms with van der Waals surface area (Å²) < 4.78 is 5.50. The quantitative estimate of drug-likeness (QED) is 0.864. The van der Waals surface area contributed by atoms with Gasteiger partial charge in [-0.15, -0.1) is 0 Å². The van der Waals surface area contributed by atoms with Crippen LogP contribution in [-0.4, -0.2) is 39.7 Å². The molecule has 1 N–H and O–H groups in total. The van der Waals surface area contributed by atoms with Crippen LogP contribution >= 0.6 is 0 Å². The number of β-amino-alcohol motifs (C(OH)–C–C–N with tert-alkyl or cyclic N) is 1. The van der Waals surface area contributed by atoms with Gasteiger partial charge in [0.25, 0.3) is 0 Å². The molecule has 1 unspecified atom stereocenters. The van der Waals surface area contributed by atoms with Gasteiger partial charge in [-0.1, -0.05) is 0 Å². The number of likely N-dealkylation sites (tertiary alicyclic amines) is 1. The first-order valence-corrected chi connectivity index (χ1v) is 6.12. The van der Waals surface area contributed by atoms with Gasteiger partial charge in [0.2, 0.25) is 11.8 Å². The zero-order valence-electron chi connectivity index (χ0n) is 10.7. The summed E-state index contributed by atoms with van der Waals surface area (Å²) in [6, 6.07) is 3.68. The number of hydrogen-bond acceptors (Lipinski definition) is 4. The second kappa shape index (κ2) is 5.35. The third-order valence-electron chi connectivity index (χ3n) is 2.72. The molecule has 2 rings (SSSR count). The molecule has 0 saturated carbocycles. The minimum atomic E-state index is -0.536. The first-order valence-electron chi connectivity index (χ1n) is 6.12. The average molecular weight is 250 g/mol. The molecular formula is C13H18N2O3. The van der Waals surface area contributed by atoms with Crippen molar-refractivity contribution in [2.75, 3.05) is 6.54 Å². The first kappa shape index (κ1) is 12.8. The molecule has 1 atom stereocenters. The largest absolute Gasteiger partial charge is 0.475 e. The van der Waals surface area contributed by atoms with Crippen LogP contribution in [0.2, 0.25) is 0 Å². The smallest absolute Gasteiger partial charge is 0.225 e. The number of carbonyl (C=O) groups excluding carboxylic acids is 1. The van der Waals surface area contributed by atoms with Crippen LogP contribution in [0.4, 0.5) is 0 Å². The molecular weight excluding hydrogens is 232 g/mol. The number of hydrogen-bond donors (Lipinski definition) is 1. The normalized spacial score (nSPS) is 19.7. The predicted octanol–water partition coefficient (Wildman–Crippen LogP) is 0.962. The van der Waals surface area contributed by atoms with Gasteiger partial charge in [0.15, 0.2) is 0 Å². The van der Waals surface area contributed by atoms with E-state index in [1.165, 1.54) is 0 Å². The van der Waals surface area contributed by atoms with Gasteiger partial charge < -0.3 is 14.7 Å². The van der Waals surface area contributed by atoms with Gasteiger partial charge in [-0.05, 0) is 25.5 Å². The second-order valence-corrected chi connectivity index (χ2v) is 4.80. The van der Waals surface area contributed by atoms with E-state index in [1.54, 1.807) is 11.1 Å². The van der Waals surface area contributed by atoms with E-state index in [1.807, 2.05) is 26.0 Å². The summed E-state index contributed by atoms with van der Waals surface area (Å²) >= 11 is 0. The van der Waals surface area contributed by atoms with Gasteiger partial charge in [0.05, 0.1) is 18.6 Å². The van der Waals surface area contributed by atoms with E-state index in [0.29, 0.717) is 19.0 Å². The van der Waals surface area contributed by atoms with Crippen molar-refractivity contribution in [3.63, 3.8) is 0 Å². The van der Waals surface area contributed by atoms with Crippen LogP contribution in [0.25, 0.3) is 0 Å². The van der Waals surface area contributed by atoms with Crippen molar-refractivity contribution in [1.82, 2.24) is 9.88 Å². The molecule has 1 aromatic heterocycles. The molecule has 1 amide bonds. The summed E-state index contributed by atoms with van der Waals surface area (Å²) in [6.07, 6.45) is 1.43. The van der Waals surface area contributed by atoms with Crippen LogP contribution in [0.1, 0.15) is 25.8 Å². The Morgan fingerprint density at radius 2 is 2.39 bits per heavy atom. The summed E-state index contributed by atoms with van der Waals surface area (Å²) in [7, 11) is 0. The SMILES string of the molecule is CC(C)Oc1cc(CN2CC(O)CC2=O)ccn1. The van der Waals surface area contributed by atoms with Gasteiger partial charge in [-0.2, -0.15) is 0 Å². The van der Waals surface area contributed by atoms with Gasteiger partial charge in [0, 0.05) is 25.4 Å². The van der Waals surface area contributed by atoms with E-state index < -0.39 is 6.10 Å². The summed E-state index contributed by atoms with van der Waals surface area (Å²) in [4.78, 5) is 17.3. The molecule has 5 nitrogen and oxygen atoms in total. The van der Waals surface area contributed by atoms with E-state index in [0.717, 1.165) is 5.56 Å². The maximum atomic E-state index is 11.6. The molecule has 18 heavy (non-hydrogen) atoms. The molecule has 0 radical (unpaired) electrons. The Hall–Kier alpha value is -1.62. The molecule has 0 bridgehead atoms. The zero-order valence-corrected chi connectivity index (χ0v) is 10.7. The number of aliphatic hydroxyl groups excluding tert-OH is 1. The molecule has 0 aromatic carbocycles. The van der Waals surface area contributed by atoms with Crippen molar-refractivity contribution in [2.24, 2.45) is 0 Å². The van der Waals surface area contributed by atoms with Crippen LogP contribution < -0.4 is 4.74 Å². The summed E-state index contributed by atoms with van der Waals surface area (Å²) in [5, 5.41) is 9.42. The molecule has 1 aliphatic heterocycles.